The number of nitrogens with one attached hydrogen (secondary N) is 1. The Morgan fingerprint density at radius 1 is 1.30 bits per heavy atom. The molecule has 0 spiro atoms. The second-order valence-corrected chi connectivity index (χ2v) is 7.80. The Morgan fingerprint density at radius 2 is 2.07 bits per heavy atom. The van der Waals surface area contributed by atoms with Crippen molar-refractivity contribution >= 4 is 51.4 Å². The molecule has 1 aromatic heterocycles. The third-order valence-corrected chi connectivity index (χ3v) is 5.31. The van der Waals surface area contributed by atoms with Crippen LogP contribution in [0.2, 0.25) is 5.02 Å². The van der Waals surface area contributed by atoms with Crippen LogP contribution in [0.15, 0.2) is 63.3 Å². The molecule has 0 saturated carbocycles. The number of rotatable bonds is 6. The zero-order valence-corrected chi connectivity index (χ0v) is 17.4. The van der Waals surface area contributed by atoms with Gasteiger partial charge < -0.3 is 4.57 Å². The van der Waals surface area contributed by atoms with Gasteiger partial charge in [0, 0.05) is 22.1 Å². The van der Waals surface area contributed by atoms with E-state index in [0.29, 0.717) is 10.2 Å². The summed E-state index contributed by atoms with van der Waals surface area (Å²) in [5, 5.41) is 13.6. The molecule has 1 N–H and O–H groups in total. The quantitative estimate of drug-likeness (QED) is 0.338. The Morgan fingerprint density at radius 3 is 2.81 bits per heavy atom. The van der Waals surface area contributed by atoms with Crippen LogP contribution in [0.25, 0.3) is 11.4 Å². The number of aromatic nitrogens is 3. The molecular formula is C18H15BrClN5OS. The summed E-state index contributed by atoms with van der Waals surface area (Å²) in [6, 6.07) is 15.0. The van der Waals surface area contributed by atoms with Crippen molar-refractivity contribution in [2.24, 2.45) is 12.1 Å². The van der Waals surface area contributed by atoms with Gasteiger partial charge in [0.05, 0.1) is 12.0 Å². The molecule has 27 heavy (non-hydrogen) atoms. The van der Waals surface area contributed by atoms with E-state index < -0.39 is 0 Å². The van der Waals surface area contributed by atoms with Gasteiger partial charge >= 0.3 is 0 Å². The van der Waals surface area contributed by atoms with Gasteiger partial charge in [0.15, 0.2) is 11.0 Å². The molecule has 0 atom stereocenters. The van der Waals surface area contributed by atoms with Gasteiger partial charge in [0.1, 0.15) is 0 Å². The molecule has 138 valence electrons. The van der Waals surface area contributed by atoms with Crippen LogP contribution in [0, 0.1) is 0 Å². The molecule has 0 unspecified atom stereocenters. The molecule has 0 aliphatic carbocycles. The number of carbonyl (C=O) groups is 1. The van der Waals surface area contributed by atoms with E-state index in [0.717, 1.165) is 21.4 Å². The molecule has 0 radical (unpaired) electrons. The number of amides is 1. The van der Waals surface area contributed by atoms with E-state index in [4.69, 9.17) is 11.6 Å². The lowest BCUT2D eigenvalue weighted by Gasteiger charge is -2.04. The topological polar surface area (TPSA) is 72.2 Å². The third-order valence-electron chi connectivity index (χ3n) is 3.52. The highest BCUT2D eigenvalue weighted by Crippen LogP contribution is 2.23. The molecule has 2 aromatic carbocycles. The van der Waals surface area contributed by atoms with Crippen molar-refractivity contribution in [3.8, 4) is 11.4 Å². The highest BCUT2D eigenvalue weighted by atomic mass is 79.9. The Hall–Kier alpha value is -2.16. The second-order valence-electron chi connectivity index (χ2n) is 5.51. The molecule has 0 aliphatic rings. The first-order chi connectivity index (χ1) is 13.0. The van der Waals surface area contributed by atoms with E-state index in [1.54, 1.807) is 18.3 Å². The highest BCUT2D eigenvalue weighted by molar-refractivity contribution is 9.10. The summed E-state index contributed by atoms with van der Waals surface area (Å²) < 4.78 is 2.86. The van der Waals surface area contributed by atoms with Crippen molar-refractivity contribution in [1.29, 1.82) is 0 Å². The summed E-state index contributed by atoms with van der Waals surface area (Å²) >= 11 is 10.6. The lowest BCUT2D eigenvalue weighted by molar-refractivity contribution is -0.118. The van der Waals surface area contributed by atoms with Crippen molar-refractivity contribution in [2.75, 3.05) is 5.75 Å². The van der Waals surface area contributed by atoms with Gasteiger partial charge in [0.2, 0.25) is 0 Å². The van der Waals surface area contributed by atoms with E-state index in [-0.39, 0.29) is 11.7 Å². The van der Waals surface area contributed by atoms with Gasteiger partial charge in [-0.3, -0.25) is 4.79 Å². The number of hydrogen-bond donors (Lipinski definition) is 1. The molecule has 0 bridgehead atoms. The van der Waals surface area contributed by atoms with Crippen LogP contribution in [0.4, 0.5) is 0 Å². The smallest absolute Gasteiger partial charge is 0.250 e. The van der Waals surface area contributed by atoms with E-state index >= 15 is 0 Å². The minimum atomic E-state index is -0.230. The minimum Gasteiger partial charge on any atom is -0.305 e. The average molecular weight is 465 g/mol. The van der Waals surface area contributed by atoms with Gasteiger partial charge in [-0.15, -0.1) is 10.2 Å². The lowest BCUT2D eigenvalue weighted by Crippen LogP contribution is -2.19. The van der Waals surface area contributed by atoms with Gasteiger partial charge in [-0.05, 0) is 29.8 Å². The molecule has 6 nitrogen and oxygen atoms in total. The lowest BCUT2D eigenvalue weighted by atomic mass is 10.2. The molecule has 3 rings (SSSR count). The summed E-state index contributed by atoms with van der Waals surface area (Å²) in [5.41, 5.74) is 4.25. The van der Waals surface area contributed by atoms with Gasteiger partial charge in [-0.2, -0.15) is 5.10 Å². The standard InChI is InChI=1S/C18H15BrClN5OS/c1-25-17(13-5-7-14(19)8-6-13)23-24-18(25)27-11-16(26)22-21-10-12-3-2-4-15(20)9-12/h2-10H,11H2,1H3,(H,22,26). The number of hydrazone groups is 1. The molecule has 0 aliphatic heterocycles. The second kappa shape index (κ2) is 9.16. The van der Waals surface area contributed by atoms with Gasteiger partial charge in [0.25, 0.3) is 5.91 Å². The predicted octanol–water partition coefficient (Wildman–Crippen LogP) is 4.14. The molecular weight excluding hydrogens is 450 g/mol. The predicted molar refractivity (Wildman–Crippen MR) is 112 cm³/mol. The van der Waals surface area contributed by atoms with Crippen molar-refractivity contribution in [3.05, 3.63) is 63.6 Å². The number of nitrogens with zero attached hydrogens (tertiary/aromatic N) is 4. The normalized spacial score (nSPS) is 11.1. The first-order valence-corrected chi connectivity index (χ1v) is 10.0. The Labute approximate surface area is 174 Å². The summed E-state index contributed by atoms with van der Waals surface area (Å²) in [6.45, 7) is 0. The van der Waals surface area contributed by atoms with Gasteiger partial charge in [-0.25, -0.2) is 5.43 Å². The molecule has 9 heteroatoms. The summed E-state index contributed by atoms with van der Waals surface area (Å²) in [6.07, 6.45) is 1.54. The molecule has 0 fully saturated rings. The van der Waals surface area contributed by atoms with Crippen LogP contribution in [0.3, 0.4) is 0 Å². The fourth-order valence-corrected chi connectivity index (χ4v) is 3.39. The minimum absolute atomic E-state index is 0.180. The summed E-state index contributed by atoms with van der Waals surface area (Å²) in [4.78, 5) is 12.0. The number of halogens is 2. The SMILES string of the molecule is Cn1c(SCC(=O)NN=Cc2cccc(Cl)c2)nnc1-c1ccc(Br)cc1. The summed E-state index contributed by atoms with van der Waals surface area (Å²) in [5.74, 6) is 0.690. The van der Waals surface area contributed by atoms with E-state index in [9.17, 15) is 4.79 Å². The number of hydrogen-bond acceptors (Lipinski definition) is 5. The Bertz CT molecular complexity index is 974. The van der Waals surface area contributed by atoms with Crippen LogP contribution in [0.1, 0.15) is 5.56 Å². The largest absolute Gasteiger partial charge is 0.305 e. The average Bonchev–Trinajstić information content (AvgIpc) is 3.01. The fraction of sp³-hybridized carbons (Fsp3) is 0.111. The van der Waals surface area contributed by atoms with Crippen molar-refractivity contribution < 1.29 is 4.79 Å². The maximum absolute atomic E-state index is 12.0. The maximum Gasteiger partial charge on any atom is 0.250 e. The fourth-order valence-electron chi connectivity index (χ4n) is 2.22. The molecule has 1 amide bonds. The van der Waals surface area contributed by atoms with Crippen LogP contribution in [-0.4, -0.2) is 32.6 Å². The Kier molecular flexibility index (Phi) is 6.65. The number of carbonyl (C=O) groups excluding carboxylic acids is 1. The number of thioether (sulfide) groups is 1. The van der Waals surface area contributed by atoms with E-state index in [1.807, 2.05) is 48.0 Å². The highest BCUT2D eigenvalue weighted by Gasteiger charge is 2.12. The molecule has 1 heterocycles. The zero-order chi connectivity index (χ0) is 19.2. The van der Waals surface area contributed by atoms with E-state index in [2.05, 4.69) is 36.7 Å². The first kappa shape index (κ1) is 19.6. The van der Waals surface area contributed by atoms with Gasteiger partial charge in [-0.1, -0.05) is 63.6 Å². The monoisotopic (exact) mass is 463 g/mol. The third kappa shape index (κ3) is 5.41. The summed E-state index contributed by atoms with van der Waals surface area (Å²) in [7, 11) is 1.87. The van der Waals surface area contributed by atoms with Crippen LogP contribution in [0.5, 0.6) is 0 Å². The van der Waals surface area contributed by atoms with Crippen molar-refractivity contribution in [1.82, 2.24) is 20.2 Å². The van der Waals surface area contributed by atoms with E-state index in [1.165, 1.54) is 11.8 Å². The Balaban J connectivity index is 1.55. The van der Waals surface area contributed by atoms with Crippen LogP contribution >= 0.6 is 39.3 Å². The van der Waals surface area contributed by atoms with Crippen molar-refractivity contribution in [2.45, 2.75) is 5.16 Å². The molecule has 3 aromatic rings. The zero-order valence-electron chi connectivity index (χ0n) is 14.3. The first-order valence-electron chi connectivity index (χ1n) is 7.88. The number of benzene rings is 2. The molecule has 0 saturated heterocycles. The van der Waals surface area contributed by atoms with Crippen molar-refractivity contribution in [3.63, 3.8) is 0 Å². The van der Waals surface area contributed by atoms with Crippen LogP contribution in [-0.2, 0) is 11.8 Å². The maximum atomic E-state index is 12.0. The van der Waals surface area contributed by atoms with Crippen LogP contribution < -0.4 is 5.43 Å².